The fourth-order valence-electron chi connectivity index (χ4n) is 3.60. The van der Waals surface area contributed by atoms with Crippen LogP contribution in [0.5, 0.6) is 0 Å². The van der Waals surface area contributed by atoms with Crippen molar-refractivity contribution in [3.8, 4) is 6.07 Å². The first-order valence-electron chi connectivity index (χ1n) is 9.45. The molecule has 7 nitrogen and oxygen atoms in total. The number of pyridine rings is 1. The number of nitrogens with one attached hydrogen (secondary N) is 2. The first-order valence-corrected chi connectivity index (χ1v) is 9.45. The molecule has 0 aromatic carbocycles. The SMILES string of the molecule is COCCCNc1nc(NCC2CCCO2)c2c(c1C#N)CCN(C)C2. The van der Waals surface area contributed by atoms with Crippen LogP contribution in [0.1, 0.15) is 36.0 Å². The van der Waals surface area contributed by atoms with Crippen molar-refractivity contribution in [1.29, 1.82) is 5.26 Å². The molecule has 0 radical (unpaired) electrons. The van der Waals surface area contributed by atoms with Gasteiger partial charge in [0.15, 0.2) is 0 Å². The third-order valence-corrected chi connectivity index (χ3v) is 5.03. The zero-order valence-electron chi connectivity index (χ0n) is 15.8. The third-order valence-electron chi connectivity index (χ3n) is 5.03. The molecule has 2 aliphatic heterocycles. The molecule has 1 aromatic heterocycles. The Kier molecular flexibility index (Phi) is 6.67. The van der Waals surface area contributed by atoms with Gasteiger partial charge in [0.25, 0.3) is 0 Å². The molecule has 1 fully saturated rings. The highest BCUT2D eigenvalue weighted by Crippen LogP contribution is 2.31. The fourth-order valence-corrected chi connectivity index (χ4v) is 3.60. The van der Waals surface area contributed by atoms with Crippen LogP contribution in [0.4, 0.5) is 11.6 Å². The van der Waals surface area contributed by atoms with E-state index >= 15 is 0 Å². The van der Waals surface area contributed by atoms with Crippen LogP contribution < -0.4 is 10.6 Å². The minimum Gasteiger partial charge on any atom is -0.385 e. The van der Waals surface area contributed by atoms with E-state index in [1.54, 1.807) is 7.11 Å². The van der Waals surface area contributed by atoms with Gasteiger partial charge in [0, 0.05) is 52.1 Å². The van der Waals surface area contributed by atoms with Crippen LogP contribution in [0.3, 0.4) is 0 Å². The van der Waals surface area contributed by atoms with Crippen molar-refractivity contribution in [1.82, 2.24) is 9.88 Å². The smallest absolute Gasteiger partial charge is 0.146 e. The fraction of sp³-hybridized carbons (Fsp3) is 0.684. The number of hydrogen-bond acceptors (Lipinski definition) is 7. The third kappa shape index (κ3) is 4.44. The van der Waals surface area contributed by atoms with E-state index in [1.807, 2.05) is 0 Å². The molecular formula is C19H29N5O2. The number of aromatic nitrogens is 1. The molecule has 0 bridgehead atoms. The predicted octanol–water partition coefficient (Wildman–Crippen LogP) is 1.98. The van der Waals surface area contributed by atoms with Crippen LogP contribution in [0.15, 0.2) is 0 Å². The zero-order valence-corrected chi connectivity index (χ0v) is 15.8. The van der Waals surface area contributed by atoms with Crippen LogP contribution in [0, 0.1) is 11.3 Å². The second kappa shape index (κ2) is 9.17. The number of nitrogens with zero attached hydrogens (tertiary/aromatic N) is 3. The Balaban J connectivity index is 1.83. The summed E-state index contributed by atoms with van der Waals surface area (Å²) in [5.41, 5.74) is 2.97. The summed E-state index contributed by atoms with van der Waals surface area (Å²) >= 11 is 0. The highest BCUT2D eigenvalue weighted by atomic mass is 16.5. The van der Waals surface area contributed by atoms with Crippen molar-refractivity contribution in [2.24, 2.45) is 0 Å². The van der Waals surface area contributed by atoms with Crippen LogP contribution in [-0.4, -0.2) is 63.0 Å². The Morgan fingerprint density at radius 3 is 2.96 bits per heavy atom. The topological polar surface area (TPSA) is 82.4 Å². The lowest BCUT2D eigenvalue weighted by atomic mass is 9.96. The first-order chi connectivity index (χ1) is 12.7. The Bertz CT molecular complexity index is 652. The first kappa shape index (κ1) is 18.9. The molecule has 0 amide bonds. The number of rotatable bonds is 8. The molecule has 1 aromatic rings. The standard InChI is InChI=1S/C19H29N5O2/c1-24-8-6-15-16(11-20)18(21-7-4-9-25-2)23-19(17(15)13-24)22-12-14-5-3-10-26-14/h14H,3-10,12-13H2,1-2H3,(H2,21,22,23). The molecule has 3 rings (SSSR count). The average molecular weight is 359 g/mol. The molecule has 3 heterocycles. The maximum Gasteiger partial charge on any atom is 0.146 e. The molecule has 1 unspecified atom stereocenters. The maximum atomic E-state index is 9.73. The quantitative estimate of drug-likeness (QED) is 0.687. The number of anilines is 2. The highest BCUT2D eigenvalue weighted by molar-refractivity contribution is 5.66. The van der Waals surface area contributed by atoms with Gasteiger partial charge in [-0.3, -0.25) is 0 Å². The molecule has 0 saturated carbocycles. The summed E-state index contributed by atoms with van der Waals surface area (Å²) in [6.45, 7) is 4.81. The van der Waals surface area contributed by atoms with E-state index in [0.717, 1.165) is 75.4 Å². The number of likely N-dealkylation sites (N-methyl/N-ethyl adjacent to an activating group) is 1. The van der Waals surface area contributed by atoms with Gasteiger partial charge in [0.1, 0.15) is 17.7 Å². The maximum absolute atomic E-state index is 9.73. The number of methoxy groups -OCH3 is 1. The van der Waals surface area contributed by atoms with E-state index in [4.69, 9.17) is 14.5 Å². The summed E-state index contributed by atoms with van der Waals surface area (Å²) in [7, 11) is 3.80. The molecule has 0 spiro atoms. The molecule has 2 aliphatic rings. The Morgan fingerprint density at radius 1 is 1.35 bits per heavy atom. The molecule has 2 N–H and O–H groups in total. The van der Waals surface area contributed by atoms with Crippen LogP contribution >= 0.6 is 0 Å². The lowest BCUT2D eigenvalue weighted by Crippen LogP contribution is -2.30. The number of nitriles is 1. The largest absolute Gasteiger partial charge is 0.385 e. The van der Waals surface area contributed by atoms with Gasteiger partial charge < -0.3 is 25.0 Å². The van der Waals surface area contributed by atoms with E-state index in [9.17, 15) is 5.26 Å². The van der Waals surface area contributed by atoms with Crippen molar-refractivity contribution < 1.29 is 9.47 Å². The van der Waals surface area contributed by atoms with Crippen LogP contribution in [-0.2, 0) is 22.4 Å². The monoisotopic (exact) mass is 359 g/mol. The van der Waals surface area contributed by atoms with E-state index < -0.39 is 0 Å². The van der Waals surface area contributed by atoms with E-state index in [1.165, 1.54) is 0 Å². The van der Waals surface area contributed by atoms with Gasteiger partial charge in [-0.15, -0.1) is 0 Å². The van der Waals surface area contributed by atoms with Gasteiger partial charge in [-0.2, -0.15) is 5.26 Å². The highest BCUT2D eigenvalue weighted by Gasteiger charge is 2.25. The summed E-state index contributed by atoms with van der Waals surface area (Å²) in [5, 5.41) is 16.5. The zero-order chi connectivity index (χ0) is 18.4. The summed E-state index contributed by atoms with van der Waals surface area (Å²) in [6.07, 6.45) is 4.22. The summed E-state index contributed by atoms with van der Waals surface area (Å²) in [5.74, 6) is 1.57. The molecule has 142 valence electrons. The normalized spacial score (nSPS) is 19.8. The van der Waals surface area contributed by atoms with Crippen LogP contribution in [0.2, 0.25) is 0 Å². The number of ether oxygens (including phenoxy) is 2. The van der Waals surface area contributed by atoms with Crippen molar-refractivity contribution in [3.63, 3.8) is 0 Å². The minimum absolute atomic E-state index is 0.252. The Morgan fingerprint density at radius 2 is 2.23 bits per heavy atom. The predicted molar refractivity (Wildman–Crippen MR) is 101 cm³/mol. The summed E-state index contributed by atoms with van der Waals surface area (Å²) < 4.78 is 10.8. The summed E-state index contributed by atoms with van der Waals surface area (Å²) in [4.78, 5) is 7.05. The van der Waals surface area contributed by atoms with E-state index in [0.29, 0.717) is 18.0 Å². The number of hydrogen-bond donors (Lipinski definition) is 2. The van der Waals surface area contributed by atoms with E-state index in [2.05, 4.69) is 28.7 Å². The van der Waals surface area contributed by atoms with Crippen LogP contribution in [0.25, 0.3) is 0 Å². The Labute approximate surface area is 155 Å². The summed E-state index contributed by atoms with van der Waals surface area (Å²) in [6, 6.07) is 2.38. The van der Waals surface area contributed by atoms with Gasteiger partial charge >= 0.3 is 0 Å². The van der Waals surface area contributed by atoms with Crippen molar-refractivity contribution in [2.75, 3.05) is 57.6 Å². The van der Waals surface area contributed by atoms with Gasteiger partial charge in [-0.25, -0.2) is 4.98 Å². The van der Waals surface area contributed by atoms with Crippen molar-refractivity contribution in [3.05, 3.63) is 16.7 Å². The molecule has 0 aliphatic carbocycles. The molecular weight excluding hydrogens is 330 g/mol. The van der Waals surface area contributed by atoms with Crippen molar-refractivity contribution >= 4 is 11.6 Å². The molecule has 1 atom stereocenters. The Hall–Kier alpha value is -1.88. The second-order valence-corrected chi connectivity index (χ2v) is 7.03. The van der Waals surface area contributed by atoms with E-state index in [-0.39, 0.29) is 6.10 Å². The molecule has 26 heavy (non-hydrogen) atoms. The van der Waals surface area contributed by atoms with Crippen molar-refractivity contribution in [2.45, 2.75) is 38.3 Å². The van der Waals surface area contributed by atoms with Gasteiger partial charge in [0.05, 0.1) is 11.7 Å². The van der Waals surface area contributed by atoms with Gasteiger partial charge in [0.2, 0.25) is 0 Å². The second-order valence-electron chi connectivity index (χ2n) is 7.03. The number of fused-ring (bicyclic) bond motifs is 1. The average Bonchev–Trinajstić information content (AvgIpc) is 3.17. The molecule has 7 heteroatoms. The molecule has 1 saturated heterocycles. The van der Waals surface area contributed by atoms with Gasteiger partial charge in [-0.1, -0.05) is 0 Å². The van der Waals surface area contributed by atoms with Gasteiger partial charge in [-0.05, 0) is 38.3 Å². The lowest BCUT2D eigenvalue weighted by Gasteiger charge is -2.29. The lowest BCUT2D eigenvalue weighted by molar-refractivity contribution is 0.120. The minimum atomic E-state index is 0.252.